The van der Waals surface area contributed by atoms with Gasteiger partial charge in [-0.05, 0) is 37.1 Å². The topological polar surface area (TPSA) is 20.3 Å². The van der Waals surface area contributed by atoms with E-state index in [2.05, 4.69) is 0 Å². The smallest absolute Gasteiger partial charge is 0.253 e. The number of carbonyl (C=O) groups excluding carboxylic acids is 1. The van der Waals surface area contributed by atoms with Crippen LogP contribution in [-0.2, 0) is 0 Å². The van der Waals surface area contributed by atoms with Crippen LogP contribution in [0.3, 0.4) is 0 Å². The Morgan fingerprint density at radius 2 is 2.06 bits per heavy atom. The minimum atomic E-state index is -0.328. The maximum atomic E-state index is 12.7. The summed E-state index contributed by atoms with van der Waals surface area (Å²) in [5.74, 6) is -0.393. The molecular formula is C12H13ClFNO. The molecular weight excluding hydrogens is 229 g/mol. The van der Waals surface area contributed by atoms with Gasteiger partial charge in [0.1, 0.15) is 5.82 Å². The molecule has 1 aliphatic heterocycles. The summed E-state index contributed by atoms with van der Waals surface area (Å²) in [5.41, 5.74) is 0.521. The number of piperidine rings is 1. The highest BCUT2D eigenvalue weighted by Crippen LogP contribution is 2.17. The van der Waals surface area contributed by atoms with Crippen molar-refractivity contribution in [3.05, 3.63) is 35.6 Å². The number of carbonyl (C=O) groups is 1. The van der Waals surface area contributed by atoms with Crippen molar-refractivity contribution in [3.8, 4) is 0 Å². The van der Waals surface area contributed by atoms with Crippen molar-refractivity contribution >= 4 is 17.5 Å². The molecule has 1 aliphatic rings. The number of hydrogen-bond acceptors (Lipinski definition) is 1. The van der Waals surface area contributed by atoms with Crippen LogP contribution in [0.15, 0.2) is 24.3 Å². The summed E-state index contributed by atoms with van der Waals surface area (Å²) >= 11 is 6.01. The summed E-state index contributed by atoms with van der Waals surface area (Å²) in [6, 6.07) is 5.62. The van der Waals surface area contributed by atoms with Gasteiger partial charge in [0.05, 0.1) is 5.38 Å². The predicted molar refractivity (Wildman–Crippen MR) is 61.2 cm³/mol. The minimum absolute atomic E-state index is 0.0400. The molecule has 0 aliphatic carbocycles. The first-order chi connectivity index (χ1) is 7.66. The monoisotopic (exact) mass is 241 g/mol. The summed E-state index contributed by atoms with van der Waals surface area (Å²) in [4.78, 5) is 13.7. The highest BCUT2D eigenvalue weighted by atomic mass is 35.5. The van der Waals surface area contributed by atoms with Crippen LogP contribution in [-0.4, -0.2) is 29.3 Å². The first kappa shape index (κ1) is 11.4. The molecule has 1 amide bonds. The molecule has 1 unspecified atom stereocenters. The van der Waals surface area contributed by atoms with Crippen LogP contribution in [0.25, 0.3) is 0 Å². The van der Waals surface area contributed by atoms with Crippen molar-refractivity contribution in [3.63, 3.8) is 0 Å². The quantitative estimate of drug-likeness (QED) is 0.693. The van der Waals surface area contributed by atoms with Crippen LogP contribution >= 0.6 is 11.6 Å². The van der Waals surface area contributed by atoms with Gasteiger partial charge in [-0.3, -0.25) is 4.79 Å². The molecule has 1 heterocycles. The second kappa shape index (κ2) is 4.83. The molecule has 2 nitrogen and oxygen atoms in total. The molecule has 2 rings (SSSR count). The van der Waals surface area contributed by atoms with E-state index >= 15 is 0 Å². The molecule has 0 aromatic heterocycles. The predicted octanol–water partition coefficient (Wildman–Crippen LogP) is 2.67. The third-order valence-corrected chi connectivity index (χ3v) is 3.10. The molecule has 1 fully saturated rings. The zero-order valence-electron chi connectivity index (χ0n) is 8.83. The lowest BCUT2D eigenvalue weighted by Gasteiger charge is -2.29. The Labute approximate surface area is 99.0 Å². The molecule has 1 aromatic carbocycles. The highest BCUT2D eigenvalue weighted by Gasteiger charge is 2.22. The van der Waals surface area contributed by atoms with Gasteiger partial charge >= 0.3 is 0 Å². The molecule has 0 saturated carbocycles. The Balaban J connectivity index is 2.09. The summed E-state index contributed by atoms with van der Waals surface area (Å²) in [6.45, 7) is 1.32. The lowest BCUT2D eigenvalue weighted by atomic mass is 10.1. The van der Waals surface area contributed by atoms with Crippen molar-refractivity contribution in [2.75, 3.05) is 13.1 Å². The van der Waals surface area contributed by atoms with Crippen molar-refractivity contribution in [2.24, 2.45) is 0 Å². The highest BCUT2D eigenvalue weighted by molar-refractivity contribution is 6.21. The van der Waals surface area contributed by atoms with Gasteiger partial charge in [-0.25, -0.2) is 4.39 Å². The molecule has 0 spiro atoms. The third kappa shape index (κ3) is 2.53. The lowest BCUT2D eigenvalue weighted by molar-refractivity contribution is 0.0727. The Bertz CT molecular complexity index is 379. The lowest BCUT2D eigenvalue weighted by Crippen LogP contribution is -2.40. The van der Waals surface area contributed by atoms with Gasteiger partial charge in [0.15, 0.2) is 0 Å². The average Bonchev–Trinajstić information content (AvgIpc) is 2.29. The zero-order valence-corrected chi connectivity index (χ0v) is 9.58. The van der Waals surface area contributed by atoms with E-state index in [0.29, 0.717) is 12.1 Å². The van der Waals surface area contributed by atoms with E-state index in [1.807, 2.05) is 0 Å². The molecule has 16 heavy (non-hydrogen) atoms. The largest absolute Gasteiger partial charge is 0.337 e. The fourth-order valence-electron chi connectivity index (χ4n) is 1.88. The number of amides is 1. The molecule has 1 saturated heterocycles. The van der Waals surface area contributed by atoms with Crippen molar-refractivity contribution in [2.45, 2.75) is 18.2 Å². The molecule has 0 N–H and O–H groups in total. The van der Waals surface area contributed by atoms with Gasteiger partial charge in [0.25, 0.3) is 5.91 Å². The average molecular weight is 242 g/mol. The molecule has 4 heteroatoms. The van der Waals surface area contributed by atoms with Gasteiger partial charge in [0, 0.05) is 18.7 Å². The molecule has 86 valence electrons. The molecule has 1 atom stereocenters. The number of nitrogens with zero attached hydrogens (tertiary/aromatic N) is 1. The zero-order chi connectivity index (χ0) is 11.5. The van der Waals surface area contributed by atoms with Crippen LogP contribution in [0.5, 0.6) is 0 Å². The number of halogens is 2. The van der Waals surface area contributed by atoms with Crippen molar-refractivity contribution < 1.29 is 9.18 Å². The van der Waals surface area contributed by atoms with E-state index < -0.39 is 0 Å². The standard InChI is InChI=1S/C12H13ClFNO/c13-10-2-1-7-15(8-10)12(16)9-3-5-11(14)6-4-9/h3-6,10H,1-2,7-8H2. The fraction of sp³-hybridized carbons (Fsp3) is 0.417. The van der Waals surface area contributed by atoms with Crippen LogP contribution < -0.4 is 0 Å². The van der Waals surface area contributed by atoms with Gasteiger partial charge in [0.2, 0.25) is 0 Å². The number of alkyl halides is 1. The first-order valence-corrected chi connectivity index (χ1v) is 5.79. The van der Waals surface area contributed by atoms with E-state index in [1.54, 1.807) is 4.90 Å². The Kier molecular flexibility index (Phi) is 3.44. The number of hydrogen-bond donors (Lipinski definition) is 0. The van der Waals surface area contributed by atoms with Gasteiger partial charge in [-0.1, -0.05) is 0 Å². The maximum Gasteiger partial charge on any atom is 0.253 e. The number of benzene rings is 1. The molecule has 0 bridgehead atoms. The Hall–Kier alpha value is -1.09. The first-order valence-electron chi connectivity index (χ1n) is 5.36. The van der Waals surface area contributed by atoms with Crippen molar-refractivity contribution in [1.29, 1.82) is 0 Å². The SMILES string of the molecule is O=C(c1ccc(F)cc1)N1CCCC(Cl)C1. The van der Waals surface area contributed by atoms with Crippen LogP contribution in [0, 0.1) is 5.82 Å². The second-order valence-corrected chi connectivity index (χ2v) is 4.61. The van der Waals surface area contributed by atoms with E-state index in [9.17, 15) is 9.18 Å². The van der Waals surface area contributed by atoms with E-state index in [0.717, 1.165) is 19.4 Å². The van der Waals surface area contributed by atoms with Gasteiger partial charge in [-0.15, -0.1) is 11.6 Å². The van der Waals surface area contributed by atoms with Gasteiger partial charge < -0.3 is 4.90 Å². The van der Waals surface area contributed by atoms with Crippen LogP contribution in [0.2, 0.25) is 0 Å². The summed E-state index contributed by atoms with van der Waals surface area (Å²) < 4.78 is 12.7. The van der Waals surface area contributed by atoms with E-state index in [-0.39, 0.29) is 17.1 Å². The van der Waals surface area contributed by atoms with Crippen molar-refractivity contribution in [1.82, 2.24) is 4.90 Å². The van der Waals surface area contributed by atoms with Gasteiger partial charge in [-0.2, -0.15) is 0 Å². The Morgan fingerprint density at radius 1 is 1.38 bits per heavy atom. The summed E-state index contributed by atoms with van der Waals surface area (Å²) in [5, 5.41) is 0.0400. The molecule has 1 aromatic rings. The maximum absolute atomic E-state index is 12.7. The van der Waals surface area contributed by atoms with E-state index in [1.165, 1.54) is 24.3 Å². The molecule has 0 radical (unpaired) electrons. The third-order valence-electron chi connectivity index (χ3n) is 2.74. The Morgan fingerprint density at radius 3 is 2.69 bits per heavy atom. The number of rotatable bonds is 1. The van der Waals surface area contributed by atoms with Crippen LogP contribution in [0.4, 0.5) is 4.39 Å². The minimum Gasteiger partial charge on any atom is -0.337 e. The summed E-state index contributed by atoms with van der Waals surface area (Å²) in [6.07, 6.45) is 1.88. The fourth-order valence-corrected chi connectivity index (χ4v) is 2.21. The van der Waals surface area contributed by atoms with E-state index in [4.69, 9.17) is 11.6 Å². The number of likely N-dealkylation sites (tertiary alicyclic amines) is 1. The normalized spacial score (nSPS) is 20.9. The van der Waals surface area contributed by atoms with Crippen LogP contribution in [0.1, 0.15) is 23.2 Å². The summed E-state index contributed by atoms with van der Waals surface area (Å²) in [7, 11) is 0. The second-order valence-electron chi connectivity index (χ2n) is 4.00.